The molecule has 2 saturated heterocycles. The number of phenolic OH excluding ortho intramolecular Hbond substituents is 2. The third kappa shape index (κ3) is 3.76. The Morgan fingerprint density at radius 1 is 1.07 bits per heavy atom. The number of allylic oxidation sites excluding steroid dienone is 4. The number of ketones is 2. The van der Waals surface area contributed by atoms with Gasteiger partial charge in [0.1, 0.15) is 22.8 Å². The van der Waals surface area contributed by atoms with Gasteiger partial charge in [0, 0.05) is 68.2 Å². The molecule has 0 amide bonds. The number of hydrogen-bond donors (Lipinski definition) is 2. The van der Waals surface area contributed by atoms with Crippen molar-refractivity contribution in [2.75, 3.05) is 46.4 Å². The van der Waals surface area contributed by atoms with Crippen molar-refractivity contribution in [2.24, 2.45) is 17.8 Å². The number of nitrogens with zero attached hydrogens (tertiary/aromatic N) is 2. The van der Waals surface area contributed by atoms with E-state index in [1.165, 1.54) is 6.07 Å². The van der Waals surface area contributed by atoms with Gasteiger partial charge in [0.15, 0.2) is 22.8 Å². The first kappa shape index (κ1) is 27.2. The molecule has 0 aromatic heterocycles. The summed E-state index contributed by atoms with van der Waals surface area (Å²) in [6, 6.07) is 1.43. The minimum absolute atomic E-state index is 0.0356. The van der Waals surface area contributed by atoms with Crippen molar-refractivity contribution >= 4 is 11.6 Å². The summed E-state index contributed by atoms with van der Waals surface area (Å²) in [6.45, 7) is 12.7. The molecule has 4 bridgehead atoms. The van der Waals surface area contributed by atoms with Crippen molar-refractivity contribution in [3.05, 3.63) is 52.1 Å². The summed E-state index contributed by atoms with van der Waals surface area (Å²) in [7, 11) is 2.12. The number of piperazine rings is 1. The van der Waals surface area contributed by atoms with E-state index in [1.54, 1.807) is 0 Å². The highest BCUT2D eigenvalue weighted by atomic mass is 16.6. The standard InChI is InChI=1S/C32H40N2O6/c1-18(2)6-7-20-25(35)15-26-27(28(20)36)29(37)23-14-21-22(16-34-12-10-33(5)11-13-34)24-17-39-31(30(21)38,9-8-19(3)4)32(23,24)40-26/h6,8,14-15,21-22,24,35-36H,7,9-13,16-17H2,1-5H3/t21-,22+,24-,31?,32-/m1/s1. The van der Waals surface area contributed by atoms with Crippen LogP contribution in [-0.2, 0) is 16.0 Å². The van der Waals surface area contributed by atoms with E-state index >= 15 is 0 Å². The lowest BCUT2D eigenvalue weighted by atomic mass is 9.49. The van der Waals surface area contributed by atoms with Gasteiger partial charge >= 0.3 is 0 Å². The highest BCUT2D eigenvalue weighted by Gasteiger charge is 2.79. The molecule has 3 aliphatic heterocycles. The number of rotatable bonds is 6. The number of hydrogen-bond acceptors (Lipinski definition) is 8. The van der Waals surface area contributed by atoms with E-state index in [2.05, 4.69) is 16.8 Å². The van der Waals surface area contributed by atoms with Crippen LogP contribution in [0, 0.1) is 17.8 Å². The molecule has 40 heavy (non-hydrogen) atoms. The zero-order chi connectivity index (χ0) is 28.6. The van der Waals surface area contributed by atoms with Crippen molar-refractivity contribution in [3.8, 4) is 17.2 Å². The van der Waals surface area contributed by atoms with Gasteiger partial charge in [-0.05, 0) is 47.1 Å². The number of aromatic hydroxyl groups is 2. The number of likely N-dealkylation sites (N-methyl/N-ethyl adjacent to an activating group) is 1. The molecule has 1 aromatic rings. The topological polar surface area (TPSA) is 99.5 Å². The van der Waals surface area contributed by atoms with Crippen LogP contribution in [0.5, 0.6) is 17.2 Å². The van der Waals surface area contributed by atoms with Gasteiger partial charge < -0.3 is 29.5 Å². The maximum Gasteiger partial charge on any atom is 0.200 e. The normalized spacial score (nSPS) is 32.7. The smallest absolute Gasteiger partial charge is 0.200 e. The highest BCUT2D eigenvalue weighted by molar-refractivity contribution is 6.18. The lowest BCUT2D eigenvalue weighted by Gasteiger charge is -2.59. The molecule has 3 aliphatic carbocycles. The van der Waals surface area contributed by atoms with Crippen LogP contribution in [0.25, 0.3) is 0 Å². The zero-order valence-corrected chi connectivity index (χ0v) is 24.1. The molecule has 3 fully saturated rings. The van der Waals surface area contributed by atoms with Gasteiger partial charge in [-0.3, -0.25) is 9.59 Å². The summed E-state index contributed by atoms with van der Waals surface area (Å²) in [5.74, 6) is -1.41. The molecule has 1 spiro atoms. The first-order valence-electron chi connectivity index (χ1n) is 14.4. The Balaban J connectivity index is 1.48. The van der Waals surface area contributed by atoms with Gasteiger partial charge in [0.25, 0.3) is 0 Å². The Kier molecular flexibility index (Phi) is 6.52. The van der Waals surface area contributed by atoms with Crippen LogP contribution in [0.1, 0.15) is 50.0 Å². The van der Waals surface area contributed by atoms with Gasteiger partial charge in [-0.1, -0.05) is 29.4 Å². The van der Waals surface area contributed by atoms with E-state index in [1.807, 2.05) is 45.9 Å². The minimum Gasteiger partial charge on any atom is -0.507 e. The van der Waals surface area contributed by atoms with Gasteiger partial charge in [-0.15, -0.1) is 0 Å². The molecular formula is C32H40N2O6. The van der Waals surface area contributed by atoms with E-state index in [-0.39, 0.29) is 58.2 Å². The van der Waals surface area contributed by atoms with Gasteiger partial charge in [0.2, 0.25) is 0 Å². The number of Topliss-reactive ketones (excluding diaryl/α,β-unsaturated/α-hetero) is 2. The summed E-state index contributed by atoms with van der Waals surface area (Å²) in [5, 5.41) is 22.2. The van der Waals surface area contributed by atoms with Crippen LogP contribution in [0.4, 0.5) is 0 Å². The first-order valence-corrected chi connectivity index (χ1v) is 14.4. The van der Waals surface area contributed by atoms with Gasteiger partial charge in [-0.2, -0.15) is 0 Å². The largest absolute Gasteiger partial charge is 0.507 e. The van der Waals surface area contributed by atoms with Crippen LogP contribution in [0.2, 0.25) is 0 Å². The van der Waals surface area contributed by atoms with Crippen molar-refractivity contribution in [1.82, 2.24) is 9.80 Å². The van der Waals surface area contributed by atoms with Gasteiger partial charge in [0.05, 0.1) is 6.61 Å². The average molecular weight is 549 g/mol. The van der Waals surface area contributed by atoms with Crippen molar-refractivity contribution in [1.29, 1.82) is 0 Å². The molecule has 8 heteroatoms. The van der Waals surface area contributed by atoms with Crippen molar-refractivity contribution in [2.45, 2.75) is 51.7 Å². The lowest BCUT2D eigenvalue weighted by Crippen LogP contribution is -2.74. The predicted octanol–water partition coefficient (Wildman–Crippen LogP) is 3.66. The second kappa shape index (κ2) is 9.57. The fraction of sp³-hybridized carbons (Fsp3) is 0.562. The molecule has 6 aliphatic rings. The van der Waals surface area contributed by atoms with E-state index in [0.29, 0.717) is 18.6 Å². The Morgan fingerprint density at radius 3 is 2.45 bits per heavy atom. The summed E-state index contributed by atoms with van der Waals surface area (Å²) in [5.41, 5.74) is 0.196. The van der Waals surface area contributed by atoms with Crippen molar-refractivity contribution < 1.29 is 29.3 Å². The first-order chi connectivity index (χ1) is 19.0. The maximum absolute atomic E-state index is 14.4. The third-order valence-electron chi connectivity index (χ3n) is 9.72. The molecule has 5 atom stereocenters. The molecule has 1 aromatic carbocycles. The molecule has 3 heterocycles. The van der Waals surface area contributed by atoms with E-state index in [4.69, 9.17) is 9.47 Å². The number of carbonyl (C=O) groups is 2. The van der Waals surface area contributed by atoms with Crippen LogP contribution in [0.15, 0.2) is 41.0 Å². The molecule has 1 unspecified atom stereocenters. The Bertz CT molecular complexity index is 1360. The Morgan fingerprint density at radius 2 is 1.77 bits per heavy atom. The monoisotopic (exact) mass is 548 g/mol. The highest BCUT2D eigenvalue weighted by Crippen LogP contribution is 2.65. The summed E-state index contributed by atoms with van der Waals surface area (Å²) in [6.07, 6.45) is 6.29. The van der Waals surface area contributed by atoms with Crippen LogP contribution in [-0.4, -0.2) is 89.2 Å². The number of benzene rings is 1. The van der Waals surface area contributed by atoms with Crippen molar-refractivity contribution in [3.63, 3.8) is 0 Å². The zero-order valence-electron chi connectivity index (χ0n) is 24.1. The number of phenols is 2. The quantitative estimate of drug-likeness (QED) is 0.520. The molecular weight excluding hydrogens is 508 g/mol. The van der Waals surface area contributed by atoms with E-state index in [0.717, 1.165) is 43.9 Å². The van der Waals surface area contributed by atoms with Gasteiger partial charge in [-0.25, -0.2) is 0 Å². The SMILES string of the molecule is CC(C)=CCc1c(O)cc2c(c1O)C(=O)C1=C[C@H]3C(=O)C4(CC=C(C)C)OC[C@H]([C@H]3CN3CCN(C)CC3)[C@]14O2. The summed E-state index contributed by atoms with van der Waals surface area (Å²) >= 11 is 0. The summed E-state index contributed by atoms with van der Waals surface area (Å²) < 4.78 is 13.3. The number of ether oxygens (including phenoxy) is 2. The Hall–Kier alpha value is -2.94. The molecule has 0 radical (unpaired) electrons. The average Bonchev–Trinajstić information content (AvgIpc) is 3.18. The third-order valence-corrected chi connectivity index (χ3v) is 9.72. The van der Waals surface area contributed by atoms with Crippen LogP contribution < -0.4 is 4.74 Å². The predicted molar refractivity (Wildman–Crippen MR) is 151 cm³/mol. The number of carbonyl (C=O) groups excluding carboxylic acids is 2. The number of fused-ring (bicyclic) bond motifs is 1. The molecule has 2 N–H and O–H groups in total. The lowest BCUT2D eigenvalue weighted by molar-refractivity contribution is -0.171. The fourth-order valence-corrected chi connectivity index (χ4v) is 7.54. The van der Waals surface area contributed by atoms with Crippen LogP contribution in [0.3, 0.4) is 0 Å². The Labute approximate surface area is 235 Å². The maximum atomic E-state index is 14.4. The summed E-state index contributed by atoms with van der Waals surface area (Å²) in [4.78, 5) is 33.4. The van der Waals surface area contributed by atoms with E-state index in [9.17, 15) is 19.8 Å². The molecule has 8 nitrogen and oxygen atoms in total. The minimum atomic E-state index is -1.33. The second-order valence-electron chi connectivity index (χ2n) is 12.7. The molecule has 214 valence electrons. The molecule has 1 saturated carbocycles. The second-order valence-corrected chi connectivity index (χ2v) is 12.7. The van der Waals surface area contributed by atoms with E-state index < -0.39 is 17.1 Å². The fourth-order valence-electron chi connectivity index (χ4n) is 7.54. The van der Waals surface area contributed by atoms with Crippen LogP contribution >= 0.6 is 0 Å². The molecule has 7 rings (SSSR count).